The van der Waals surface area contributed by atoms with Crippen LogP contribution in [0.4, 0.5) is 11.9 Å². The number of imide groups is 1. The predicted octanol–water partition coefficient (Wildman–Crippen LogP) is 3.54. The van der Waals surface area contributed by atoms with E-state index >= 15 is 0 Å². The number of carboxylic acid groups (broad SMARTS) is 1. The third-order valence-electron chi connectivity index (χ3n) is 11.2. The van der Waals surface area contributed by atoms with E-state index in [1.165, 1.54) is 36.3 Å². The highest BCUT2D eigenvalue weighted by Crippen LogP contribution is 2.33. The van der Waals surface area contributed by atoms with Gasteiger partial charge in [-0.1, -0.05) is 12.2 Å². The molecule has 7 rings (SSSR count). The fourth-order valence-corrected chi connectivity index (χ4v) is 7.83. The van der Waals surface area contributed by atoms with Crippen LogP contribution >= 0.6 is 0 Å². The number of primary amides is 1. The maximum Gasteiger partial charge on any atom is 0.335 e. The molecule has 2 aromatic carbocycles. The van der Waals surface area contributed by atoms with Crippen LogP contribution in [0.2, 0.25) is 0 Å². The molecule has 0 unspecified atom stereocenters. The average molecular weight is 946 g/mol. The zero-order chi connectivity index (χ0) is 49.7. The van der Waals surface area contributed by atoms with Crippen LogP contribution in [0.15, 0.2) is 60.7 Å². The van der Waals surface area contributed by atoms with E-state index in [9.17, 15) is 38.7 Å². The van der Waals surface area contributed by atoms with E-state index in [2.05, 4.69) is 25.8 Å². The standard InChI is InChI=1S/C46H51N13O10/c1-7-58-32(20-26(3)52-58)42(64)50-45-49-31-23-29(44(66)67)25-34(68-6)39(31)56(45)16-9-10-17-57-40-30(48-46(57)51-43(65)33-21-27(4)53-59(33)8-2)22-28(41(47)63)24-35(40)69-19-11-15-54(5)36(60)14-18-55-37(61)12-13-38(55)62/h9-10,12-13,20-25H,7-8,11,14-19H2,1-6H3,(H2,47,63)(H,66,67)(H,48,51,65)(H,49,50,64). The number of imidazole rings is 2. The van der Waals surface area contributed by atoms with Crippen molar-refractivity contribution in [1.82, 2.24) is 48.5 Å². The van der Waals surface area contributed by atoms with Crippen LogP contribution in [0.3, 0.4) is 0 Å². The number of methoxy groups -OCH3 is 1. The Hall–Kier alpha value is -8.63. The lowest BCUT2D eigenvalue weighted by Gasteiger charge is -2.19. The molecule has 23 nitrogen and oxygen atoms in total. The van der Waals surface area contributed by atoms with Crippen LogP contribution in [0.5, 0.6) is 11.5 Å². The minimum absolute atomic E-state index is 0.0513. The van der Waals surface area contributed by atoms with Gasteiger partial charge in [0.2, 0.25) is 23.7 Å². The summed E-state index contributed by atoms with van der Waals surface area (Å²) in [4.78, 5) is 101. The van der Waals surface area contributed by atoms with E-state index in [-0.39, 0.29) is 96.4 Å². The van der Waals surface area contributed by atoms with E-state index in [1.54, 1.807) is 63.7 Å². The van der Waals surface area contributed by atoms with Gasteiger partial charge in [-0.25, -0.2) is 14.8 Å². The maximum absolute atomic E-state index is 13.9. The number of carbonyl (C=O) groups is 7. The van der Waals surface area contributed by atoms with Crippen LogP contribution in [-0.2, 0) is 40.6 Å². The molecule has 0 bridgehead atoms. The molecule has 360 valence electrons. The van der Waals surface area contributed by atoms with E-state index in [4.69, 9.17) is 20.2 Å². The molecule has 1 aliphatic rings. The van der Waals surface area contributed by atoms with Crippen LogP contribution in [-0.4, -0.2) is 129 Å². The number of nitrogens with one attached hydrogen (secondary N) is 2. The second kappa shape index (κ2) is 20.5. The Kier molecular flexibility index (Phi) is 14.3. The summed E-state index contributed by atoms with van der Waals surface area (Å²) in [5.74, 6) is -3.59. The molecule has 0 fully saturated rings. The first-order chi connectivity index (χ1) is 33.0. The molecule has 6 amide bonds. The molecule has 0 spiro atoms. The zero-order valence-corrected chi connectivity index (χ0v) is 38.8. The number of hydrogen-bond acceptors (Lipinski definition) is 13. The number of ether oxygens (including phenoxy) is 2. The van der Waals surface area contributed by atoms with Crippen molar-refractivity contribution in [1.29, 1.82) is 0 Å². The lowest BCUT2D eigenvalue weighted by Crippen LogP contribution is -2.36. The number of allylic oxidation sites excluding steroid dienone is 2. The number of amides is 6. The van der Waals surface area contributed by atoms with Crippen LogP contribution in [0.25, 0.3) is 22.1 Å². The number of hydrogen-bond donors (Lipinski definition) is 4. The first kappa shape index (κ1) is 48.3. The van der Waals surface area contributed by atoms with Gasteiger partial charge in [0, 0.05) is 70.5 Å². The minimum Gasteiger partial charge on any atom is -0.494 e. The van der Waals surface area contributed by atoms with Crippen molar-refractivity contribution in [3.05, 3.63) is 94.6 Å². The van der Waals surface area contributed by atoms with Crippen molar-refractivity contribution < 1.29 is 48.1 Å². The van der Waals surface area contributed by atoms with Gasteiger partial charge in [-0.2, -0.15) is 10.2 Å². The van der Waals surface area contributed by atoms with Crippen molar-refractivity contribution in [2.75, 3.05) is 44.5 Å². The maximum atomic E-state index is 13.9. The number of carboxylic acids is 1. The molecule has 1 aliphatic heterocycles. The Morgan fingerprint density at radius 3 is 1.77 bits per heavy atom. The molecule has 6 aromatic rings. The number of benzene rings is 2. The Morgan fingerprint density at radius 2 is 1.28 bits per heavy atom. The number of rotatable bonds is 21. The number of aromatic carboxylic acids is 1. The van der Waals surface area contributed by atoms with Gasteiger partial charge >= 0.3 is 5.97 Å². The number of aryl methyl sites for hydroxylation is 4. The smallest absolute Gasteiger partial charge is 0.335 e. The van der Waals surface area contributed by atoms with Gasteiger partial charge in [0.05, 0.1) is 41.7 Å². The topological polar surface area (TPSA) is 286 Å². The van der Waals surface area contributed by atoms with Crippen LogP contribution < -0.4 is 25.8 Å². The number of aromatic nitrogens is 8. The highest BCUT2D eigenvalue weighted by atomic mass is 16.5. The van der Waals surface area contributed by atoms with Gasteiger partial charge in [-0.3, -0.25) is 53.7 Å². The molecule has 4 aromatic heterocycles. The summed E-state index contributed by atoms with van der Waals surface area (Å²) in [5, 5.41) is 24.4. The van der Waals surface area contributed by atoms with Gasteiger partial charge in [-0.15, -0.1) is 0 Å². The van der Waals surface area contributed by atoms with Gasteiger partial charge in [0.1, 0.15) is 33.9 Å². The second-order valence-electron chi connectivity index (χ2n) is 15.9. The highest BCUT2D eigenvalue weighted by molar-refractivity contribution is 6.13. The molecule has 0 radical (unpaired) electrons. The van der Waals surface area contributed by atoms with Crippen LogP contribution in [0, 0.1) is 13.8 Å². The number of nitrogens with two attached hydrogens (primary N) is 1. The molecular formula is C46H51N13O10. The lowest BCUT2D eigenvalue weighted by atomic mass is 10.1. The summed E-state index contributed by atoms with van der Waals surface area (Å²) < 4.78 is 18.4. The largest absolute Gasteiger partial charge is 0.494 e. The first-order valence-corrected chi connectivity index (χ1v) is 21.9. The van der Waals surface area contributed by atoms with Crippen molar-refractivity contribution in [3.63, 3.8) is 0 Å². The van der Waals surface area contributed by atoms with Crippen molar-refractivity contribution in [3.8, 4) is 11.5 Å². The molecule has 69 heavy (non-hydrogen) atoms. The molecule has 0 aliphatic carbocycles. The average Bonchev–Trinajstić information content (AvgIpc) is 4.14. The summed E-state index contributed by atoms with van der Waals surface area (Å²) in [6.07, 6.45) is 6.13. The molecule has 0 atom stereocenters. The third-order valence-corrected chi connectivity index (χ3v) is 11.2. The van der Waals surface area contributed by atoms with E-state index in [0.29, 0.717) is 47.6 Å². The monoisotopic (exact) mass is 945 g/mol. The van der Waals surface area contributed by atoms with E-state index in [1.807, 2.05) is 13.8 Å². The Bertz CT molecular complexity index is 3080. The van der Waals surface area contributed by atoms with Gasteiger partial charge in [0.25, 0.3) is 23.6 Å². The Morgan fingerprint density at radius 1 is 0.768 bits per heavy atom. The predicted molar refractivity (Wildman–Crippen MR) is 250 cm³/mol. The van der Waals surface area contributed by atoms with Gasteiger partial charge in [-0.05, 0) is 70.5 Å². The molecule has 5 N–H and O–H groups in total. The normalized spacial score (nSPS) is 12.5. The van der Waals surface area contributed by atoms with Crippen molar-refractivity contribution >= 4 is 75.4 Å². The van der Waals surface area contributed by atoms with Gasteiger partial charge in [0.15, 0.2) is 0 Å². The fourth-order valence-electron chi connectivity index (χ4n) is 7.83. The Balaban J connectivity index is 1.20. The van der Waals surface area contributed by atoms with Crippen LogP contribution in [0.1, 0.15) is 79.8 Å². The summed E-state index contributed by atoms with van der Waals surface area (Å²) in [7, 11) is 2.99. The fraction of sp³-hybridized carbons (Fsp3) is 0.326. The molecule has 0 saturated carbocycles. The summed E-state index contributed by atoms with van der Waals surface area (Å²) in [6.45, 7) is 8.49. The first-order valence-electron chi connectivity index (χ1n) is 21.9. The summed E-state index contributed by atoms with van der Waals surface area (Å²) in [6, 6.07) is 8.99. The van der Waals surface area contributed by atoms with E-state index in [0.717, 1.165) is 17.1 Å². The number of carbonyl (C=O) groups excluding carboxylic acids is 6. The second-order valence-corrected chi connectivity index (χ2v) is 15.9. The van der Waals surface area contributed by atoms with Crippen molar-refractivity contribution in [2.45, 2.75) is 66.7 Å². The van der Waals surface area contributed by atoms with Gasteiger partial charge < -0.3 is 34.3 Å². The SMILES string of the molecule is CCn1nc(C)cc1C(=O)Nc1nc2cc(C(=O)O)cc(OC)c2n1CC=CCn1c(NC(=O)c2cc(C)nn2CC)nc2cc(C(N)=O)cc(OCCCN(C)C(=O)CCN3C(=O)C=CC3=O)c21. The number of anilines is 2. The third kappa shape index (κ3) is 10.4. The molecule has 0 saturated heterocycles. The minimum atomic E-state index is -1.20. The highest BCUT2D eigenvalue weighted by Gasteiger charge is 2.26. The summed E-state index contributed by atoms with van der Waals surface area (Å²) >= 11 is 0. The summed E-state index contributed by atoms with van der Waals surface area (Å²) in [5.41, 5.74) is 8.93. The van der Waals surface area contributed by atoms with E-state index < -0.39 is 35.5 Å². The number of nitrogens with zero attached hydrogens (tertiary/aromatic N) is 10. The quantitative estimate of drug-likeness (QED) is 0.0456. The molecular weight excluding hydrogens is 895 g/mol. The number of fused-ring (bicyclic) bond motifs is 2. The lowest BCUT2D eigenvalue weighted by molar-refractivity contribution is -0.138. The Labute approximate surface area is 394 Å². The zero-order valence-electron chi connectivity index (χ0n) is 38.8. The molecule has 5 heterocycles. The molecule has 23 heteroatoms. The van der Waals surface area contributed by atoms with Crippen molar-refractivity contribution in [2.24, 2.45) is 5.73 Å².